The number of nitrogens with zero attached hydrogens (tertiary/aromatic N) is 3. The van der Waals surface area contributed by atoms with E-state index in [0.717, 1.165) is 7.11 Å². The van der Waals surface area contributed by atoms with E-state index in [-0.39, 0.29) is 16.4 Å². The van der Waals surface area contributed by atoms with Gasteiger partial charge in [-0.25, -0.2) is 14.5 Å². The normalized spacial score (nSPS) is 20.8. The van der Waals surface area contributed by atoms with E-state index in [1.165, 1.54) is 32.9 Å². The smallest absolute Gasteiger partial charge is 0.417 e. The van der Waals surface area contributed by atoms with E-state index in [0.29, 0.717) is 0 Å². The fraction of sp³-hybridized carbons (Fsp3) is 0.652. The highest BCUT2D eigenvalue weighted by Crippen LogP contribution is 2.44. The molecule has 1 saturated heterocycles. The van der Waals surface area contributed by atoms with Crippen LogP contribution in [-0.2, 0) is 30.2 Å². The molecule has 206 valence electrons. The number of carbonyl (C=O) groups excluding carboxylic acids is 4. The Morgan fingerprint density at radius 3 is 2.11 bits per heavy atom. The summed E-state index contributed by atoms with van der Waals surface area (Å²) in [7, 11) is 0.923. The molecule has 2 heterocycles. The molecule has 0 aromatic carbocycles. The van der Waals surface area contributed by atoms with Crippen LogP contribution in [0.2, 0.25) is 0 Å². The number of imide groups is 1. The van der Waals surface area contributed by atoms with Gasteiger partial charge in [-0.1, -0.05) is 0 Å². The molecule has 2 rings (SSSR count). The Bertz CT molecular complexity index is 1030. The highest BCUT2D eigenvalue weighted by Gasteiger charge is 2.61. The monoisotopic (exact) mass is 532 g/mol. The first-order valence-electron chi connectivity index (χ1n) is 11.3. The van der Waals surface area contributed by atoms with Crippen LogP contribution in [0.3, 0.4) is 0 Å². The van der Waals surface area contributed by atoms with Gasteiger partial charge in [0.2, 0.25) is 5.91 Å². The minimum atomic E-state index is -4.84. The largest absolute Gasteiger partial charge is 0.468 e. The molecule has 0 aliphatic carbocycles. The van der Waals surface area contributed by atoms with Gasteiger partial charge in [0.05, 0.1) is 18.7 Å². The molecule has 1 aliphatic rings. The lowest BCUT2D eigenvalue weighted by Crippen LogP contribution is -2.61. The van der Waals surface area contributed by atoms with Crippen molar-refractivity contribution in [3.05, 3.63) is 17.8 Å². The quantitative estimate of drug-likeness (QED) is 0.348. The van der Waals surface area contributed by atoms with Gasteiger partial charge in [-0.05, 0) is 60.1 Å². The average Bonchev–Trinajstić information content (AvgIpc) is 2.72. The minimum Gasteiger partial charge on any atom is -0.468 e. The van der Waals surface area contributed by atoms with Crippen LogP contribution >= 0.6 is 0 Å². The second-order valence-electron chi connectivity index (χ2n) is 10.6. The highest BCUT2D eigenvalue weighted by atomic mass is 19.4. The standard InChI is InChI=1S/C23H31F3N4O7/c1-20(2,3)36-18(33)27-15-9-8-14(28-29-15)11-22(17(32)35-7)10-13(23(24,25)26)12-30(16(22)31)19(34)37-21(4,5)6/h8-9,13H,10-12H2,1-7H3,(H,27,29,33). The van der Waals surface area contributed by atoms with Gasteiger partial charge in [-0.3, -0.25) is 14.9 Å². The number of hydrogen-bond acceptors (Lipinski definition) is 9. The summed E-state index contributed by atoms with van der Waals surface area (Å²) in [4.78, 5) is 51.2. The molecule has 0 radical (unpaired) electrons. The van der Waals surface area contributed by atoms with E-state index in [1.54, 1.807) is 20.8 Å². The van der Waals surface area contributed by atoms with E-state index >= 15 is 0 Å². The maximum absolute atomic E-state index is 13.9. The van der Waals surface area contributed by atoms with Crippen molar-refractivity contribution in [2.75, 3.05) is 19.0 Å². The van der Waals surface area contributed by atoms with Crippen LogP contribution in [0, 0.1) is 11.3 Å². The van der Waals surface area contributed by atoms with Crippen LogP contribution in [0.5, 0.6) is 0 Å². The molecule has 2 atom stereocenters. The average molecular weight is 533 g/mol. The van der Waals surface area contributed by atoms with Crippen LogP contribution in [0.15, 0.2) is 12.1 Å². The van der Waals surface area contributed by atoms with Crippen molar-refractivity contribution in [1.82, 2.24) is 15.1 Å². The van der Waals surface area contributed by atoms with Crippen LogP contribution in [0.1, 0.15) is 53.7 Å². The lowest BCUT2D eigenvalue weighted by molar-refractivity contribution is -0.204. The van der Waals surface area contributed by atoms with Crippen molar-refractivity contribution in [3.8, 4) is 0 Å². The Kier molecular flexibility index (Phi) is 8.45. The third kappa shape index (κ3) is 7.76. The third-order valence-electron chi connectivity index (χ3n) is 5.14. The second kappa shape index (κ2) is 10.5. The van der Waals surface area contributed by atoms with E-state index in [4.69, 9.17) is 14.2 Å². The summed E-state index contributed by atoms with van der Waals surface area (Å²) in [6.45, 7) is 8.40. The summed E-state index contributed by atoms with van der Waals surface area (Å²) in [5, 5.41) is 9.95. The topological polar surface area (TPSA) is 137 Å². The number of likely N-dealkylation sites (tertiary alicyclic amines) is 1. The fourth-order valence-electron chi connectivity index (χ4n) is 3.65. The van der Waals surface area contributed by atoms with Gasteiger partial charge < -0.3 is 14.2 Å². The molecule has 1 aliphatic heterocycles. The number of halogens is 3. The third-order valence-corrected chi connectivity index (χ3v) is 5.14. The molecule has 0 spiro atoms. The Morgan fingerprint density at radius 1 is 1.05 bits per heavy atom. The summed E-state index contributed by atoms with van der Waals surface area (Å²) in [5.41, 5.74) is -4.38. The molecule has 37 heavy (non-hydrogen) atoms. The van der Waals surface area contributed by atoms with Gasteiger partial charge in [-0.2, -0.15) is 18.3 Å². The number of carbonyl (C=O) groups is 4. The van der Waals surface area contributed by atoms with Crippen LogP contribution in [-0.4, -0.2) is 70.2 Å². The Balaban J connectivity index is 2.42. The number of alkyl halides is 3. The number of piperidine rings is 1. The summed E-state index contributed by atoms with van der Waals surface area (Å²) < 4.78 is 56.5. The Labute approximate surface area is 212 Å². The lowest BCUT2D eigenvalue weighted by Gasteiger charge is -2.42. The zero-order chi connectivity index (χ0) is 28.4. The van der Waals surface area contributed by atoms with E-state index < -0.39 is 72.2 Å². The van der Waals surface area contributed by atoms with Gasteiger partial charge in [0.25, 0.3) is 0 Å². The number of ether oxygens (including phenoxy) is 3. The van der Waals surface area contributed by atoms with Crippen molar-refractivity contribution in [2.24, 2.45) is 11.3 Å². The first-order chi connectivity index (χ1) is 16.8. The minimum absolute atomic E-state index is 0.0383. The molecule has 0 saturated carbocycles. The molecular weight excluding hydrogens is 501 g/mol. The van der Waals surface area contributed by atoms with Crippen molar-refractivity contribution in [3.63, 3.8) is 0 Å². The predicted molar refractivity (Wildman–Crippen MR) is 122 cm³/mol. The van der Waals surface area contributed by atoms with Gasteiger partial charge in [-0.15, -0.1) is 5.10 Å². The number of aromatic nitrogens is 2. The van der Waals surface area contributed by atoms with Gasteiger partial charge in [0, 0.05) is 13.0 Å². The van der Waals surface area contributed by atoms with Crippen LogP contribution in [0.4, 0.5) is 28.6 Å². The molecule has 3 amide bonds. The molecule has 11 nitrogen and oxygen atoms in total. The second-order valence-corrected chi connectivity index (χ2v) is 10.6. The molecule has 0 bridgehead atoms. The molecular formula is C23H31F3N4O7. The molecule has 2 unspecified atom stereocenters. The number of nitrogens with one attached hydrogen (secondary N) is 1. The Hall–Kier alpha value is -3.45. The maximum Gasteiger partial charge on any atom is 0.417 e. The molecule has 1 fully saturated rings. The van der Waals surface area contributed by atoms with Crippen molar-refractivity contribution in [1.29, 1.82) is 0 Å². The van der Waals surface area contributed by atoms with Crippen LogP contribution in [0.25, 0.3) is 0 Å². The lowest BCUT2D eigenvalue weighted by atomic mass is 9.71. The number of rotatable bonds is 4. The van der Waals surface area contributed by atoms with E-state index in [9.17, 15) is 32.3 Å². The number of hydrogen-bond donors (Lipinski definition) is 1. The van der Waals surface area contributed by atoms with Gasteiger partial charge in [0.15, 0.2) is 11.2 Å². The predicted octanol–water partition coefficient (Wildman–Crippen LogP) is 3.87. The summed E-state index contributed by atoms with van der Waals surface area (Å²) in [6, 6.07) is 2.55. The summed E-state index contributed by atoms with van der Waals surface area (Å²) in [6.07, 6.45) is -8.59. The SMILES string of the molecule is COC(=O)C1(Cc2ccc(NC(=O)OC(C)(C)C)nn2)CC(C(F)(F)F)CN(C(=O)OC(C)(C)C)C1=O. The number of esters is 1. The summed E-state index contributed by atoms with van der Waals surface area (Å²) >= 11 is 0. The first kappa shape index (κ1) is 29.8. The van der Waals surface area contributed by atoms with Crippen molar-refractivity contribution < 1.29 is 46.6 Å². The Morgan fingerprint density at radius 2 is 1.65 bits per heavy atom. The number of amides is 3. The zero-order valence-electron chi connectivity index (χ0n) is 21.7. The number of anilines is 1. The molecule has 1 N–H and O–H groups in total. The van der Waals surface area contributed by atoms with E-state index in [1.807, 2.05) is 0 Å². The zero-order valence-corrected chi connectivity index (χ0v) is 21.7. The van der Waals surface area contributed by atoms with E-state index in [2.05, 4.69) is 15.5 Å². The first-order valence-corrected chi connectivity index (χ1v) is 11.3. The molecule has 14 heteroatoms. The summed E-state index contributed by atoms with van der Waals surface area (Å²) in [5.74, 6) is -4.73. The van der Waals surface area contributed by atoms with Gasteiger partial charge >= 0.3 is 24.3 Å². The maximum atomic E-state index is 13.9. The fourth-order valence-corrected chi connectivity index (χ4v) is 3.65. The van der Waals surface area contributed by atoms with Crippen molar-refractivity contribution >= 4 is 29.9 Å². The molecule has 1 aromatic rings. The van der Waals surface area contributed by atoms with Crippen molar-refractivity contribution in [2.45, 2.75) is 71.8 Å². The highest BCUT2D eigenvalue weighted by molar-refractivity contribution is 6.08. The van der Waals surface area contributed by atoms with Crippen LogP contribution < -0.4 is 5.32 Å². The number of methoxy groups -OCH3 is 1. The molecule has 1 aromatic heterocycles. The van der Waals surface area contributed by atoms with Gasteiger partial charge in [0.1, 0.15) is 11.2 Å².